The molecule has 6 heteroatoms. The van der Waals surface area contributed by atoms with Gasteiger partial charge in [0.2, 0.25) is 5.91 Å². The van der Waals surface area contributed by atoms with Gasteiger partial charge in [-0.3, -0.25) is 9.69 Å². The third-order valence-corrected chi connectivity index (χ3v) is 6.83. The predicted octanol–water partition coefficient (Wildman–Crippen LogP) is 1.38. The Morgan fingerprint density at radius 1 is 0.893 bits per heavy atom. The van der Waals surface area contributed by atoms with Crippen molar-refractivity contribution in [2.75, 3.05) is 84.1 Å². The van der Waals surface area contributed by atoms with E-state index < -0.39 is 0 Å². The first-order chi connectivity index (χ1) is 13.7. The van der Waals surface area contributed by atoms with Gasteiger partial charge in [-0.2, -0.15) is 0 Å². The number of piperazine rings is 1. The maximum Gasteiger partial charge on any atom is 0.230 e. The number of anilines is 1. The summed E-state index contributed by atoms with van der Waals surface area (Å²) in [5.41, 5.74) is 1.22. The van der Waals surface area contributed by atoms with Gasteiger partial charge >= 0.3 is 0 Å². The van der Waals surface area contributed by atoms with Crippen LogP contribution in [0.2, 0.25) is 0 Å². The minimum atomic E-state index is -0.111. The zero-order valence-electron chi connectivity index (χ0n) is 17.2. The number of ether oxygens (including phenoxy) is 1. The maximum atomic E-state index is 12.9. The van der Waals surface area contributed by atoms with Crippen molar-refractivity contribution in [3.8, 4) is 0 Å². The topological polar surface area (TPSA) is 39.3 Å². The highest BCUT2D eigenvalue weighted by Gasteiger charge is 2.50. The Hall–Kier alpha value is -1.63. The van der Waals surface area contributed by atoms with Crippen molar-refractivity contribution in [2.24, 2.45) is 5.41 Å². The number of nitrogens with zero attached hydrogens (tertiary/aromatic N) is 4. The van der Waals surface area contributed by atoms with Gasteiger partial charge in [-0.05, 0) is 31.5 Å². The van der Waals surface area contributed by atoms with Crippen LogP contribution in [0.4, 0.5) is 5.69 Å². The molecule has 0 aromatic heterocycles. The van der Waals surface area contributed by atoms with Gasteiger partial charge in [-0.15, -0.1) is 0 Å². The Kier molecular flexibility index (Phi) is 6.19. The maximum absolute atomic E-state index is 12.9. The summed E-state index contributed by atoms with van der Waals surface area (Å²) in [6, 6.07) is 10.7. The number of carbonyl (C=O) groups excluding carboxylic acids is 1. The number of hydrogen-bond acceptors (Lipinski definition) is 5. The second kappa shape index (κ2) is 8.80. The van der Waals surface area contributed by atoms with Gasteiger partial charge in [0.1, 0.15) is 0 Å². The lowest BCUT2D eigenvalue weighted by Gasteiger charge is -2.36. The van der Waals surface area contributed by atoms with Crippen LogP contribution >= 0.6 is 0 Å². The minimum Gasteiger partial charge on any atom is -0.383 e. The summed E-state index contributed by atoms with van der Waals surface area (Å²) in [4.78, 5) is 22.5. The lowest BCUT2D eigenvalue weighted by molar-refractivity contribution is -0.136. The number of para-hydroxylation sites is 1. The molecule has 1 amide bonds. The number of amides is 1. The van der Waals surface area contributed by atoms with Gasteiger partial charge < -0.3 is 19.4 Å². The molecule has 28 heavy (non-hydrogen) atoms. The van der Waals surface area contributed by atoms with Crippen LogP contribution in [0.25, 0.3) is 0 Å². The molecule has 1 aromatic carbocycles. The number of rotatable bonds is 7. The van der Waals surface area contributed by atoms with Crippen LogP contribution in [0.1, 0.15) is 12.8 Å². The van der Waals surface area contributed by atoms with E-state index >= 15 is 0 Å². The molecule has 3 aliphatic heterocycles. The molecular formula is C22H34N4O2. The van der Waals surface area contributed by atoms with Gasteiger partial charge in [-0.25, -0.2) is 0 Å². The molecular weight excluding hydrogens is 352 g/mol. The summed E-state index contributed by atoms with van der Waals surface area (Å²) >= 11 is 0. The molecule has 1 aromatic rings. The molecule has 1 spiro atoms. The summed E-state index contributed by atoms with van der Waals surface area (Å²) in [7, 11) is 1.70. The third-order valence-electron chi connectivity index (χ3n) is 6.83. The van der Waals surface area contributed by atoms with E-state index in [0.29, 0.717) is 12.5 Å². The Labute approximate surface area is 169 Å². The first-order valence-electron chi connectivity index (χ1n) is 10.7. The summed E-state index contributed by atoms with van der Waals surface area (Å²) < 4.78 is 5.15. The number of hydrogen-bond donors (Lipinski definition) is 0. The molecule has 3 fully saturated rings. The SMILES string of the molecule is COCCN1CCC2(CCN(CCN3CCN(c4ccccc4)CC3)C2)C1=O. The molecule has 154 valence electrons. The number of methoxy groups -OCH3 is 1. The van der Waals surface area contributed by atoms with Crippen molar-refractivity contribution < 1.29 is 9.53 Å². The smallest absolute Gasteiger partial charge is 0.230 e. The van der Waals surface area contributed by atoms with Crippen LogP contribution in [-0.4, -0.2) is 99.8 Å². The fourth-order valence-corrected chi connectivity index (χ4v) is 4.99. The van der Waals surface area contributed by atoms with Gasteiger partial charge in [0, 0.05) is 71.7 Å². The Morgan fingerprint density at radius 3 is 2.36 bits per heavy atom. The van der Waals surface area contributed by atoms with Crippen LogP contribution < -0.4 is 4.90 Å². The second-order valence-electron chi connectivity index (χ2n) is 8.51. The van der Waals surface area contributed by atoms with E-state index in [4.69, 9.17) is 4.74 Å². The highest BCUT2D eigenvalue weighted by Crippen LogP contribution is 2.40. The van der Waals surface area contributed by atoms with Crippen molar-refractivity contribution in [3.05, 3.63) is 30.3 Å². The average molecular weight is 387 g/mol. The fraction of sp³-hybridized carbons (Fsp3) is 0.682. The Balaban J connectivity index is 1.20. The molecule has 0 aliphatic carbocycles. The first-order valence-corrected chi connectivity index (χ1v) is 10.7. The third kappa shape index (κ3) is 4.19. The molecule has 4 rings (SSSR count). The Bertz CT molecular complexity index is 647. The van der Waals surface area contributed by atoms with Gasteiger partial charge in [0.25, 0.3) is 0 Å². The quantitative estimate of drug-likeness (QED) is 0.708. The molecule has 1 atom stereocenters. The molecule has 0 bridgehead atoms. The van der Waals surface area contributed by atoms with Crippen LogP contribution in [0, 0.1) is 5.41 Å². The molecule has 3 heterocycles. The van der Waals surface area contributed by atoms with Crippen molar-refractivity contribution in [2.45, 2.75) is 12.8 Å². The van der Waals surface area contributed by atoms with Gasteiger partial charge in [0.05, 0.1) is 12.0 Å². The van der Waals surface area contributed by atoms with E-state index in [2.05, 4.69) is 45.0 Å². The number of likely N-dealkylation sites (tertiary alicyclic amines) is 2. The second-order valence-corrected chi connectivity index (χ2v) is 8.51. The first kappa shape index (κ1) is 19.7. The normalized spacial score (nSPS) is 26.7. The lowest BCUT2D eigenvalue weighted by Crippen LogP contribution is -2.48. The fourth-order valence-electron chi connectivity index (χ4n) is 4.99. The summed E-state index contributed by atoms with van der Waals surface area (Å²) in [5, 5.41) is 0. The van der Waals surface area contributed by atoms with Crippen molar-refractivity contribution in [1.29, 1.82) is 0 Å². The molecule has 0 radical (unpaired) electrons. The van der Waals surface area contributed by atoms with Crippen LogP contribution in [0.15, 0.2) is 30.3 Å². The van der Waals surface area contributed by atoms with Gasteiger partial charge in [0.15, 0.2) is 0 Å². The van der Waals surface area contributed by atoms with E-state index in [1.54, 1.807) is 7.11 Å². The molecule has 3 aliphatic rings. The van der Waals surface area contributed by atoms with Crippen LogP contribution in [0.5, 0.6) is 0 Å². The summed E-state index contributed by atoms with van der Waals surface area (Å²) in [6.07, 6.45) is 2.04. The monoisotopic (exact) mass is 386 g/mol. The number of carbonyl (C=O) groups is 1. The summed E-state index contributed by atoms with van der Waals surface area (Å²) in [5.74, 6) is 0.364. The van der Waals surface area contributed by atoms with E-state index in [9.17, 15) is 4.79 Å². The highest BCUT2D eigenvalue weighted by atomic mass is 16.5. The standard InChI is InChI=1S/C22H34N4O2/c1-28-18-17-26-10-8-22(21(26)27)7-9-24(19-22)12-11-23-13-15-25(16-14-23)20-5-3-2-4-6-20/h2-6H,7-19H2,1H3. The Morgan fingerprint density at radius 2 is 1.61 bits per heavy atom. The van der Waals surface area contributed by atoms with Gasteiger partial charge in [-0.1, -0.05) is 18.2 Å². The van der Waals surface area contributed by atoms with E-state index in [0.717, 1.165) is 78.3 Å². The van der Waals surface area contributed by atoms with Crippen LogP contribution in [-0.2, 0) is 9.53 Å². The van der Waals surface area contributed by atoms with Crippen molar-refractivity contribution in [3.63, 3.8) is 0 Å². The highest BCUT2D eigenvalue weighted by molar-refractivity contribution is 5.85. The summed E-state index contributed by atoms with van der Waals surface area (Å²) in [6.45, 7) is 10.9. The minimum absolute atomic E-state index is 0.111. The molecule has 0 N–H and O–H groups in total. The molecule has 3 saturated heterocycles. The predicted molar refractivity (Wildman–Crippen MR) is 112 cm³/mol. The zero-order chi connectivity index (χ0) is 19.4. The van der Waals surface area contributed by atoms with Crippen molar-refractivity contribution in [1.82, 2.24) is 14.7 Å². The van der Waals surface area contributed by atoms with Crippen molar-refractivity contribution >= 4 is 11.6 Å². The largest absolute Gasteiger partial charge is 0.383 e. The lowest BCUT2D eigenvalue weighted by atomic mass is 9.85. The van der Waals surface area contributed by atoms with E-state index in [-0.39, 0.29) is 5.41 Å². The average Bonchev–Trinajstić information content (AvgIpc) is 3.30. The molecule has 0 saturated carbocycles. The molecule has 1 unspecified atom stereocenters. The molecule has 6 nitrogen and oxygen atoms in total. The van der Waals surface area contributed by atoms with E-state index in [1.165, 1.54) is 5.69 Å². The number of benzene rings is 1. The van der Waals surface area contributed by atoms with Crippen LogP contribution in [0.3, 0.4) is 0 Å². The van der Waals surface area contributed by atoms with E-state index in [1.807, 2.05) is 4.90 Å². The zero-order valence-corrected chi connectivity index (χ0v) is 17.2.